The molecule has 1 N–H and O–H groups in total. The highest BCUT2D eigenvalue weighted by molar-refractivity contribution is 7.92. The van der Waals surface area contributed by atoms with Crippen LogP contribution in [0.2, 0.25) is 10.0 Å². The monoisotopic (exact) mass is 476 g/mol. The molecule has 0 aliphatic rings. The van der Waals surface area contributed by atoms with Crippen molar-refractivity contribution in [1.29, 1.82) is 0 Å². The van der Waals surface area contributed by atoms with Gasteiger partial charge in [-0.3, -0.25) is 9.10 Å². The van der Waals surface area contributed by atoms with Gasteiger partial charge in [-0.15, -0.1) is 0 Å². The summed E-state index contributed by atoms with van der Waals surface area (Å²) < 4.78 is 27.9. The van der Waals surface area contributed by atoms with Gasteiger partial charge in [0.05, 0.1) is 10.6 Å². The number of nitrogens with zero attached hydrogens (tertiary/aromatic N) is 1. The SMILES string of the molecule is Cc1ccc(S(=O)(=O)N(CC(=O)Nc2cc(C)cc(C)c2)c2cc(Cl)cc(Cl)c2)cc1. The van der Waals surface area contributed by atoms with Crippen LogP contribution < -0.4 is 9.62 Å². The topological polar surface area (TPSA) is 66.5 Å². The van der Waals surface area contributed by atoms with Crippen LogP contribution in [-0.2, 0) is 14.8 Å². The molecule has 3 rings (SSSR count). The molecule has 0 aliphatic carbocycles. The largest absolute Gasteiger partial charge is 0.324 e. The van der Waals surface area contributed by atoms with E-state index in [0.29, 0.717) is 5.69 Å². The Labute approximate surface area is 192 Å². The molecule has 0 bridgehead atoms. The lowest BCUT2D eigenvalue weighted by Crippen LogP contribution is -2.38. The zero-order valence-electron chi connectivity index (χ0n) is 17.3. The second-order valence-corrected chi connectivity index (χ2v) is 10.1. The van der Waals surface area contributed by atoms with Crippen LogP contribution in [0, 0.1) is 20.8 Å². The van der Waals surface area contributed by atoms with Gasteiger partial charge in [-0.05, 0) is 74.4 Å². The number of benzene rings is 3. The number of aryl methyl sites for hydroxylation is 3. The van der Waals surface area contributed by atoms with E-state index in [4.69, 9.17) is 23.2 Å². The third-order valence-corrected chi connectivity index (χ3v) is 6.76. The fourth-order valence-corrected chi connectivity index (χ4v) is 5.13. The maximum absolute atomic E-state index is 13.4. The number of anilines is 2. The average Bonchev–Trinajstić information content (AvgIpc) is 2.64. The summed E-state index contributed by atoms with van der Waals surface area (Å²) in [4.78, 5) is 12.9. The van der Waals surface area contributed by atoms with Crippen molar-refractivity contribution in [2.75, 3.05) is 16.2 Å². The van der Waals surface area contributed by atoms with E-state index in [0.717, 1.165) is 21.0 Å². The molecule has 0 saturated heterocycles. The lowest BCUT2D eigenvalue weighted by molar-refractivity contribution is -0.114. The van der Waals surface area contributed by atoms with Gasteiger partial charge in [-0.2, -0.15) is 0 Å². The van der Waals surface area contributed by atoms with Gasteiger partial charge in [0.25, 0.3) is 10.0 Å². The number of sulfonamides is 1. The van der Waals surface area contributed by atoms with Crippen molar-refractivity contribution >= 4 is 50.5 Å². The van der Waals surface area contributed by atoms with Crippen LogP contribution in [0.25, 0.3) is 0 Å². The molecular weight excluding hydrogens is 455 g/mol. The van der Waals surface area contributed by atoms with Crippen molar-refractivity contribution in [3.8, 4) is 0 Å². The summed E-state index contributed by atoms with van der Waals surface area (Å²) in [7, 11) is -4.05. The molecule has 3 aromatic carbocycles. The van der Waals surface area contributed by atoms with E-state index in [1.807, 2.05) is 39.0 Å². The number of carbonyl (C=O) groups is 1. The fourth-order valence-electron chi connectivity index (χ4n) is 3.21. The fraction of sp³-hybridized carbons (Fsp3) is 0.174. The van der Waals surface area contributed by atoms with Gasteiger partial charge < -0.3 is 5.32 Å². The van der Waals surface area contributed by atoms with Crippen molar-refractivity contribution in [2.45, 2.75) is 25.7 Å². The predicted octanol–water partition coefficient (Wildman–Crippen LogP) is 5.75. The van der Waals surface area contributed by atoms with Crippen molar-refractivity contribution in [1.82, 2.24) is 0 Å². The molecule has 0 aromatic heterocycles. The number of hydrogen-bond acceptors (Lipinski definition) is 3. The summed E-state index contributed by atoms with van der Waals surface area (Å²) in [6.07, 6.45) is 0. The Hall–Kier alpha value is -2.54. The molecule has 3 aromatic rings. The van der Waals surface area contributed by atoms with Crippen LogP contribution in [0.15, 0.2) is 65.6 Å². The zero-order valence-corrected chi connectivity index (χ0v) is 19.6. The first-order valence-corrected chi connectivity index (χ1v) is 11.7. The van der Waals surface area contributed by atoms with Crippen molar-refractivity contribution in [2.24, 2.45) is 0 Å². The highest BCUT2D eigenvalue weighted by atomic mass is 35.5. The van der Waals surface area contributed by atoms with Gasteiger partial charge in [0, 0.05) is 15.7 Å². The number of halogens is 2. The minimum Gasteiger partial charge on any atom is -0.324 e. The van der Waals surface area contributed by atoms with E-state index in [-0.39, 0.29) is 20.6 Å². The first-order chi connectivity index (χ1) is 14.5. The molecule has 0 saturated carbocycles. The number of hydrogen-bond donors (Lipinski definition) is 1. The molecule has 162 valence electrons. The molecule has 0 fully saturated rings. The van der Waals surface area contributed by atoms with Gasteiger partial charge in [-0.1, -0.05) is 47.0 Å². The molecule has 31 heavy (non-hydrogen) atoms. The third kappa shape index (κ3) is 5.79. The quantitative estimate of drug-likeness (QED) is 0.492. The highest BCUT2D eigenvalue weighted by Gasteiger charge is 2.28. The molecule has 5 nitrogen and oxygen atoms in total. The molecule has 8 heteroatoms. The second-order valence-electron chi connectivity index (χ2n) is 7.38. The summed E-state index contributed by atoms with van der Waals surface area (Å²) >= 11 is 12.2. The highest BCUT2D eigenvalue weighted by Crippen LogP contribution is 2.30. The van der Waals surface area contributed by atoms with Crippen LogP contribution in [0.4, 0.5) is 11.4 Å². The average molecular weight is 477 g/mol. The summed E-state index contributed by atoms with van der Waals surface area (Å²) in [6, 6.07) is 16.5. The Kier molecular flexibility index (Phi) is 6.94. The van der Waals surface area contributed by atoms with E-state index in [2.05, 4.69) is 5.32 Å². The summed E-state index contributed by atoms with van der Waals surface area (Å²) in [5.74, 6) is -0.489. The van der Waals surface area contributed by atoms with Gasteiger partial charge in [0.2, 0.25) is 5.91 Å². The summed E-state index contributed by atoms with van der Waals surface area (Å²) in [5, 5.41) is 3.30. The van der Waals surface area contributed by atoms with Crippen LogP contribution in [0.5, 0.6) is 0 Å². The molecular formula is C23H22Cl2N2O3S. The van der Waals surface area contributed by atoms with E-state index in [9.17, 15) is 13.2 Å². The Balaban J connectivity index is 1.99. The first kappa shape index (κ1) is 23.1. The number of carbonyl (C=O) groups excluding carboxylic acids is 1. The van der Waals surface area contributed by atoms with Crippen molar-refractivity contribution in [3.05, 3.63) is 87.4 Å². The van der Waals surface area contributed by atoms with Gasteiger partial charge >= 0.3 is 0 Å². The van der Waals surface area contributed by atoms with Gasteiger partial charge in [-0.25, -0.2) is 8.42 Å². The maximum Gasteiger partial charge on any atom is 0.264 e. The molecule has 1 amide bonds. The minimum atomic E-state index is -4.05. The smallest absolute Gasteiger partial charge is 0.264 e. The normalized spacial score (nSPS) is 11.3. The van der Waals surface area contributed by atoms with Crippen LogP contribution in [-0.4, -0.2) is 20.9 Å². The third-order valence-electron chi connectivity index (χ3n) is 4.54. The van der Waals surface area contributed by atoms with Gasteiger partial charge in [0.15, 0.2) is 0 Å². The lowest BCUT2D eigenvalue weighted by Gasteiger charge is -2.24. The van der Waals surface area contributed by atoms with E-state index < -0.39 is 22.5 Å². The van der Waals surface area contributed by atoms with Crippen LogP contribution >= 0.6 is 23.2 Å². The summed E-state index contributed by atoms with van der Waals surface area (Å²) in [6.45, 7) is 5.26. The molecule has 0 aliphatic heterocycles. The number of amides is 1. The van der Waals surface area contributed by atoms with E-state index >= 15 is 0 Å². The number of nitrogens with one attached hydrogen (secondary N) is 1. The molecule has 0 atom stereocenters. The minimum absolute atomic E-state index is 0.0633. The lowest BCUT2D eigenvalue weighted by atomic mass is 10.1. The van der Waals surface area contributed by atoms with Crippen LogP contribution in [0.3, 0.4) is 0 Å². The Morgan fingerprint density at radius 2 is 1.39 bits per heavy atom. The number of rotatable bonds is 6. The molecule has 0 unspecified atom stereocenters. The predicted molar refractivity (Wildman–Crippen MR) is 127 cm³/mol. The van der Waals surface area contributed by atoms with Gasteiger partial charge in [0.1, 0.15) is 6.54 Å². The maximum atomic E-state index is 13.4. The molecule has 0 radical (unpaired) electrons. The zero-order chi connectivity index (χ0) is 22.8. The molecule has 0 spiro atoms. The summed E-state index contributed by atoms with van der Waals surface area (Å²) in [5.41, 5.74) is 3.69. The Morgan fingerprint density at radius 1 is 0.839 bits per heavy atom. The van der Waals surface area contributed by atoms with Crippen molar-refractivity contribution < 1.29 is 13.2 Å². The van der Waals surface area contributed by atoms with E-state index in [1.54, 1.807) is 12.1 Å². The second kappa shape index (κ2) is 9.30. The van der Waals surface area contributed by atoms with E-state index in [1.165, 1.54) is 30.3 Å². The van der Waals surface area contributed by atoms with Crippen LogP contribution in [0.1, 0.15) is 16.7 Å². The standard InChI is InChI=1S/C23H22Cl2N2O3S/c1-15-4-6-22(7-5-15)31(29,30)27(21-12-18(24)11-19(25)13-21)14-23(28)26-20-9-16(2)8-17(3)10-20/h4-13H,14H2,1-3H3,(H,26,28). The Bertz CT molecular complexity index is 1190. The Morgan fingerprint density at radius 3 is 1.94 bits per heavy atom. The molecule has 0 heterocycles. The van der Waals surface area contributed by atoms with Crippen molar-refractivity contribution in [3.63, 3.8) is 0 Å². The first-order valence-electron chi connectivity index (χ1n) is 9.48.